The fourth-order valence-corrected chi connectivity index (χ4v) is 2.99. The lowest BCUT2D eigenvalue weighted by atomic mass is 10.0. The zero-order chi connectivity index (χ0) is 13.8. The SMILES string of the molecule is CC(C)[C@H](N)C(=O)N1CCN(Cc2cccs2)CC1. The van der Waals surface area contributed by atoms with Gasteiger partial charge in [-0.15, -0.1) is 11.3 Å². The molecule has 1 amide bonds. The van der Waals surface area contributed by atoms with Gasteiger partial charge in [-0.25, -0.2) is 0 Å². The molecular formula is C14H23N3OS. The molecule has 4 nitrogen and oxygen atoms in total. The normalized spacial score (nSPS) is 18.8. The van der Waals surface area contributed by atoms with E-state index in [0.29, 0.717) is 0 Å². The Bertz CT molecular complexity index is 397. The summed E-state index contributed by atoms with van der Waals surface area (Å²) >= 11 is 1.79. The second kappa shape index (κ2) is 6.50. The number of nitrogens with zero attached hydrogens (tertiary/aromatic N) is 2. The summed E-state index contributed by atoms with van der Waals surface area (Å²) in [5.74, 6) is 0.308. The van der Waals surface area contributed by atoms with Crippen LogP contribution in [0.4, 0.5) is 0 Å². The number of nitrogens with two attached hydrogens (primary N) is 1. The zero-order valence-electron chi connectivity index (χ0n) is 11.7. The van der Waals surface area contributed by atoms with Crippen molar-refractivity contribution < 1.29 is 4.79 Å². The maximum Gasteiger partial charge on any atom is 0.239 e. The Morgan fingerprint density at radius 1 is 1.37 bits per heavy atom. The fourth-order valence-electron chi connectivity index (χ4n) is 2.25. The van der Waals surface area contributed by atoms with Gasteiger partial charge in [-0.1, -0.05) is 19.9 Å². The molecule has 1 fully saturated rings. The molecule has 1 aliphatic rings. The van der Waals surface area contributed by atoms with Crippen molar-refractivity contribution in [3.05, 3.63) is 22.4 Å². The number of thiophene rings is 1. The van der Waals surface area contributed by atoms with Crippen LogP contribution < -0.4 is 5.73 Å². The Morgan fingerprint density at radius 3 is 2.58 bits per heavy atom. The minimum Gasteiger partial charge on any atom is -0.339 e. The summed E-state index contributed by atoms with van der Waals surface area (Å²) in [4.78, 5) is 17.8. The summed E-state index contributed by atoms with van der Waals surface area (Å²) in [6.07, 6.45) is 0. The van der Waals surface area contributed by atoms with Crippen molar-refractivity contribution in [3.8, 4) is 0 Å². The molecule has 1 atom stereocenters. The van der Waals surface area contributed by atoms with E-state index < -0.39 is 0 Å². The van der Waals surface area contributed by atoms with Gasteiger partial charge in [-0.05, 0) is 17.4 Å². The highest BCUT2D eigenvalue weighted by molar-refractivity contribution is 7.09. The monoisotopic (exact) mass is 281 g/mol. The number of amides is 1. The van der Waals surface area contributed by atoms with Crippen molar-refractivity contribution in [2.45, 2.75) is 26.4 Å². The lowest BCUT2D eigenvalue weighted by molar-refractivity contribution is -0.135. The van der Waals surface area contributed by atoms with E-state index in [1.807, 2.05) is 18.7 Å². The molecule has 1 aliphatic heterocycles. The van der Waals surface area contributed by atoms with Crippen molar-refractivity contribution in [1.29, 1.82) is 0 Å². The van der Waals surface area contributed by atoms with Crippen LogP contribution in [0.1, 0.15) is 18.7 Å². The van der Waals surface area contributed by atoms with Crippen LogP contribution in [0.3, 0.4) is 0 Å². The molecule has 0 bridgehead atoms. The Hall–Kier alpha value is -0.910. The van der Waals surface area contributed by atoms with Crippen LogP contribution in [0.5, 0.6) is 0 Å². The Labute approximate surface area is 119 Å². The topological polar surface area (TPSA) is 49.6 Å². The first-order valence-corrected chi connectivity index (χ1v) is 7.75. The van der Waals surface area contributed by atoms with Crippen molar-refractivity contribution in [2.75, 3.05) is 26.2 Å². The lowest BCUT2D eigenvalue weighted by Crippen LogP contribution is -2.54. The third-order valence-electron chi connectivity index (χ3n) is 3.65. The molecule has 5 heteroatoms. The fraction of sp³-hybridized carbons (Fsp3) is 0.643. The molecule has 1 aromatic rings. The third kappa shape index (κ3) is 3.78. The van der Waals surface area contributed by atoms with Gasteiger partial charge >= 0.3 is 0 Å². The van der Waals surface area contributed by atoms with Crippen LogP contribution >= 0.6 is 11.3 Å². The average Bonchev–Trinajstić information content (AvgIpc) is 2.90. The molecule has 0 spiro atoms. The third-order valence-corrected chi connectivity index (χ3v) is 4.51. The first kappa shape index (κ1) is 14.5. The highest BCUT2D eigenvalue weighted by atomic mass is 32.1. The molecule has 1 aromatic heterocycles. The predicted molar refractivity (Wildman–Crippen MR) is 79.0 cm³/mol. The van der Waals surface area contributed by atoms with Crippen molar-refractivity contribution in [2.24, 2.45) is 11.7 Å². The summed E-state index contributed by atoms with van der Waals surface area (Å²) in [7, 11) is 0. The summed E-state index contributed by atoms with van der Waals surface area (Å²) in [5, 5.41) is 2.11. The van der Waals surface area contributed by atoms with Gasteiger partial charge in [0.15, 0.2) is 0 Å². The summed E-state index contributed by atoms with van der Waals surface area (Å²) in [6.45, 7) is 8.46. The van der Waals surface area contributed by atoms with E-state index >= 15 is 0 Å². The van der Waals surface area contributed by atoms with E-state index in [2.05, 4.69) is 22.4 Å². The molecule has 2 heterocycles. The molecule has 2 N–H and O–H groups in total. The number of hydrogen-bond acceptors (Lipinski definition) is 4. The number of carbonyl (C=O) groups excluding carboxylic acids is 1. The molecule has 2 rings (SSSR count). The Morgan fingerprint density at radius 2 is 2.05 bits per heavy atom. The number of carbonyl (C=O) groups is 1. The largest absolute Gasteiger partial charge is 0.339 e. The number of piperazine rings is 1. The molecule has 19 heavy (non-hydrogen) atoms. The average molecular weight is 281 g/mol. The maximum atomic E-state index is 12.1. The van der Waals surface area contributed by atoms with Crippen LogP contribution in [0.2, 0.25) is 0 Å². The first-order valence-electron chi connectivity index (χ1n) is 6.87. The van der Waals surface area contributed by atoms with Crippen molar-refractivity contribution >= 4 is 17.2 Å². The van der Waals surface area contributed by atoms with E-state index in [1.165, 1.54) is 4.88 Å². The van der Waals surface area contributed by atoms with Crippen LogP contribution in [0.15, 0.2) is 17.5 Å². The van der Waals surface area contributed by atoms with Crippen molar-refractivity contribution in [3.63, 3.8) is 0 Å². The number of hydrogen-bond donors (Lipinski definition) is 1. The highest BCUT2D eigenvalue weighted by Gasteiger charge is 2.26. The smallest absolute Gasteiger partial charge is 0.239 e. The van der Waals surface area contributed by atoms with Gasteiger partial charge in [0.25, 0.3) is 0 Å². The zero-order valence-corrected chi connectivity index (χ0v) is 12.5. The van der Waals surface area contributed by atoms with Gasteiger partial charge in [-0.2, -0.15) is 0 Å². The van der Waals surface area contributed by atoms with Gasteiger partial charge < -0.3 is 10.6 Å². The van der Waals surface area contributed by atoms with Crippen molar-refractivity contribution in [1.82, 2.24) is 9.80 Å². The maximum absolute atomic E-state index is 12.1. The summed E-state index contributed by atoms with van der Waals surface area (Å²) in [6, 6.07) is 3.89. The van der Waals surface area contributed by atoms with Gasteiger partial charge in [0.1, 0.15) is 0 Å². The second-order valence-electron chi connectivity index (χ2n) is 5.45. The quantitative estimate of drug-likeness (QED) is 0.907. The molecule has 0 radical (unpaired) electrons. The predicted octanol–water partition coefficient (Wildman–Crippen LogP) is 1.38. The highest BCUT2D eigenvalue weighted by Crippen LogP contribution is 2.14. The van der Waals surface area contributed by atoms with Gasteiger partial charge in [-0.3, -0.25) is 9.69 Å². The molecule has 0 saturated carbocycles. The van der Waals surface area contributed by atoms with Gasteiger partial charge in [0.05, 0.1) is 6.04 Å². The molecule has 0 aliphatic carbocycles. The van der Waals surface area contributed by atoms with Gasteiger partial charge in [0, 0.05) is 37.6 Å². The molecule has 0 aromatic carbocycles. The minimum absolute atomic E-state index is 0.103. The minimum atomic E-state index is -0.358. The molecular weight excluding hydrogens is 258 g/mol. The van der Waals surface area contributed by atoms with E-state index in [0.717, 1.165) is 32.7 Å². The van der Waals surface area contributed by atoms with Crippen LogP contribution in [0, 0.1) is 5.92 Å². The van der Waals surface area contributed by atoms with Gasteiger partial charge in [0.2, 0.25) is 5.91 Å². The summed E-state index contributed by atoms with van der Waals surface area (Å²) in [5.41, 5.74) is 5.93. The Kier molecular flexibility index (Phi) is 4.96. The van der Waals surface area contributed by atoms with E-state index in [1.54, 1.807) is 11.3 Å². The van der Waals surface area contributed by atoms with E-state index in [9.17, 15) is 4.79 Å². The van der Waals surface area contributed by atoms with E-state index in [-0.39, 0.29) is 17.9 Å². The second-order valence-corrected chi connectivity index (χ2v) is 6.48. The standard InChI is InChI=1S/C14H23N3OS/c1-11(2)13(15)14(18)17-7-5-16(6-8-17)10-12-4-3-9-19-12/h3-4,9,11,13H,5-8,10,15H2,1-2H3/t13-/m0/s1. The summed E-state index contributed by atoms with van der Waals surface area (Å²) < 4.78 is 0. The lowest BCUT2D eigenvalue weighted by Gasteiger charge is -2.36. The molecule has 0 unspecified atom stereocenters. The first-order chi connectivity index (χ1) is 9.08. The number of rotatable bonds is 4. The Balaban J connectivity index is 1.80. The van der Waals surface area contributed by atoms with Crippen LogP contribution in [0.25, 0.3) is 0 Å². The molecule has 106 valence electrons. The van der Waals surface area contributed by atoms with E-state index in [4.69, 9.17) is 5.73 Å². The molecule has 1 saturated heterocycles. The van der Waals surface area contributed by atoms with Crippen LogP contribution in [-0.2, 0) is 11.3 Å². The van der Waals surface area contributed by atoms with Crippen LogP contribution in [-0.4, -0.2) is 47.9 Å².